The minimum absolute atomic E-state index is 0.573. The summed E-state index contributed by atoms with van der Waals surface area (Å²) in [5, 5.41) is 4.60. The summed E-state index contributed by atoms with van der Waals surface area (Å²) in [6.45, 7) is 4.23. The quantitative estimate of drug-likeness (QED) is 0.911. The smallest absolute Gasteiger partial charge is 0.124 e. The number of likely N-dealkylation sites (N-methyl/N-ethyl adjacent to an activating group) is 1. The predicted octanol–water partition coefficient (Wildman–Crippen LogP) is 3.85. The van der Waals surface area contributed by atoms with E-state index in [0.717, 1.165) is 29.4 Å². The highest BCUT2D eigenvalue weighted by Crippen LogP contribution is 2.38. The van der Waals surface area contributed by atoms with Crippen LogP contribution in [0.25, 0.3) is 10.6 Å². The maximum atomic E-state index is 5.32. The molecule has 1 aliphatic rings. The van der Waals surface area contributed by atoms with E-state index < -0.39 is 0 Å². The van der Waals surface area contributed by atoms with Crippen LogP contribution in [-0.2, 0) is 6.42 Å². The number of ether oxygens (including phenoxy) is 1. The molecular formula is C17H22N2OS. The molecule has 3 rings (SSSR count). The molecule has 4 heteroatoms. The highest BCUT2D eigenvalue weighted by molar-refractivity contribution is 7.15. The molecule has 1 aliphatic carbocycles. The molecule has 0 radical (unpaired) electrons. The fourth-order valence-corrected chi connectivity index (χ4v) is 4.09. The van der Waals surface area contributed by atoms with Crippen molar-refractivity contribution in [1.29, 1.82) is 0 Å². The molecule has 0 saturated carbocycles. The van der Waals surface area contributed by atoms with Crippen LogP contribution in [0, 0.1) is 0 Å². The Morgan fingerprint density at radius 2 is 2.33 bits per heavy atom. The molecule has 0 saturated heterocycles. The molecule has 1 unspecified atom stereocenters. The number of benzene rings is 1. The third kappa shape index (κ3) is 3.11. The van der Waals surface area contributed by atoms with E-state index >= 15 is 0 Å². The predicted molar refractivity (Wildman–Crippen MR) is 88.3 cm³/mol. The molecule has 21 heavy (non-hydrogen) atoms. The zero-order chi connectivity index (χ0) is 14.7. The molecule has 1 heterocycles. The number of hydrogen-bond donors (Lipinski definition) is 1. The monoisotopic (exact) mass is 302 g/mol. The second kappa shape index (κ2) is 6.58. The maximum absolute atomic E-state index is 5.32. The SMILES string of the molecule is CCNCC1CCCc2sc(-c3cccc(OC)c3)nc21. The van der Waals surface area contributed by atoms with Gasteiger partial charge in [-0.2, -0.15) is 0 Å². The first kappa shape index (κ1) is 14.5. The van der Waals surface area contributed by atoms with Crippen molar-refractivity contribution in [3.05, 3.63) is 34.8 Å². The maximum Gasteiger partial charge on any atom is 0.124 e. The lowest BCUT2D eigenvalue weighted by molar-refractivity contribution is 0.415. The minimum atomic E-state index is 0.573. The molecule has 3 nitrogen and oxygen atoms in total. The number of nitrogens with zero attached hydrogens (tertiary/aromatic N) is 1. The Kier molecular flexibility index (Phi) is 4.56. The fourth-order valence-electron chi connectivity index (χ4n) is 2.90. The van der Waals surface area contributed by atoms with Crippen molar-refractivity contribution in [2.75, 3.05) is 20.2 Å². The average molecular weight is 302 g/mol. The Hall–Kier alpha value is -1.39. The van der Waals surface area contributed by atoms with Crippen LogP contribution < -0.4 is 10.1 Å². The van der Waals surface area contributed by atoms with Crippen LogP contribution >= 0.6 is 11.3 Å². The normalized spacial score (nSPS) is 17.5. The first-order chi connectivity index (χ1) is 10.3. The van der Waals surface area contributed by atoms with Crippen LogP contribution in [0.1, 0.15) is 36.3 Å². The Labute approximate surface area is 130 Å². The summed E-state index contributed by atoms with van der Waals surface area (Å²) in [6.07, 6.45) is 3.71. The van der Waals surface area contributed by atoms with Gasteiger partial charge in [-0.1, -0.05) is 19.1 Å². The first-order valence-electron chi connectivity index (χ1n) is 7.66. The molecule has 2 aromatic rings. The molecule has 0 aliphatic heterocycles. The zero-order valence-corrected chi connectivity index (χ0v) is 13.5. The van der Waals surface area contributed by atoms with Crippen molar-refractivity contribution in [3.63, 3.8) is 0 Å². The molecule has 0 spiro atoms. The van der Waals surface area contributed by atoms with Crippen LogP contribution in [0.3, 0.4) is 0 Å². The van der Waals surface area contributed by atoms with Crippen molar-refractivity contribution >= 4 is 11.3 Å². The number of aryl methyl sites for hydroxylation is 1. The lowest BCUT2D eigenvalue weighted by Gasteiger charge is -2.21. The van der Waals surface area contributed by atoms with E-state index in [1.54, 1.807) is 7.11 Å². The molecule has 0 bridgehead atoms. The van der Waals surface area contributed by atoms with Gasteiger partial charge in [0.25, 0.3) is 0 Å². The fraction of sp³-hybridized carbons (Fsp3) is 0.471. The van der Waals surface area contributed by atoms with Crippen molar-refractivity contribution in [1.82, 2.24) is 10.3 Å². The van der Waals surface area contributed by atoms with Crippen LogP contribution in [0.5, 0.6) is 5.75 Å². The summed E-state index contributed by atoms with van der Waals surface area (Å²) in [6, 6.07) is 8.20. The Balaban J connectivity index is 1.90. The summed E-state index contributed by atoms with van der Waals surface area (Å²) in [7, 11) is 1.71. The van der Waals surface area contributed by atoms with Gasteiger partial charge in [-0.15, -0.1) is 11.3 Å². The van der Waals surface area contributed by atoms with Crippen molar-refractivity contribution in [3.8, 4) is 16.3 Å². The Morgan fingerprint density at radius 1 is 1.43 bits per heavy atom. The summed E-state index contributed by atoms with van der Waals surface area (Å²) in [4.78, 5) is 6.43. The van der Waals surface area contributed by atoms with E-state index in [2.05, 4.69) is 24.4 Å². The molecular weight excluding hydrogens is 280 g/mol. The van der Waals surface area contributed by atoms with Gasteiger partial charge in [0.2, 0.25) is 0 Å². The highest BCUT2D eigenvalue weighted by atomic mass is 32.1. The molecule has 1 aromatic carbocycles. The van der Waals surface area contributed by atoms with Crippen LogP contribution in [0.2, 0.25) is 0 Å². The van der Waals surface area contributed by atoms with E-state index in [4.69, 9.17) is 9.72 Å². The number of rotatable bonds is 5. The molecule has 0 amide bonds. The van der Waals surface area contributed by atoms with Gasteiger partial charge < -0.3 is 10.1 Å². The van der Waals surface area contributed by atoms with Crippen LogP contribution in [0.4, 0.5) is 0 Å². The lowest BCUT2D eigenvalue weighted by atomic mass is 9.91. The van der Waals surface area contributed by atoms with E-state index in [-0.39, 0.29) is 0 Å². The number of thiazole rings is 1. The molecule has 112 valence electrons. The summed E-state index contributed by atoms with van der Waals surface area (Å²) < 4.78 is 5.32. The van der Waals surface area contributed by atoms with E-state index in [1.165, 1.54) is 29.8 Å². The summed E-state index contributed by atoms with van der Waals surface area (Å²) >= 11 is 1.85. The van der Waals surface area contributed by atoms with Gasteiger partial charge in [0.05, 0.1) is 12.8 Å². The van der Waals surface area contributed by atoms with E-state index in [0.29, 0.717) is 5.92 Å². The summed E-state index contributed by atoms with van der Waals surface area (Å²) in [5.74, 6) is 1.47. The van der Waals surface area contributed by atoms with Gasteiger partial charge in [0, 0.05) is 22.9 Å². The standard InChI is InChI=1S/C17H22N2OS/c1-3-18-11-13-7-5-9-15-16(13)19-17(21-15)12-6-4-8-14(10-12)20-2/h4,6,8,10,13,18H,3,5,7,9,11H2,1-2H3. The number of nitrogens with one attached hydrogen (secondary N) is 1. The van der Waals surface area contributed by atoms with Crippen LogP contribution in [0.15, 0.2) is 24.3 Å². The van der Waals surface area contributed by atoms with Crippen molar-refractivity contribution in [2.45, 2.75) is 32.1 Å². The third-order valence-electron chi connectivity index (χ3n) is 4.03. The Bertz CT molecular complexity index is 609. The number of fused-ring (bicyclic) bond motifs is 1. The molecule has 1 atom stereocenters. The van der Waals surface area contributed by atoms with Crippen molar-refractivity contribution < 1.29 is 4.74 Å². The summed E-state index contributed by atoms with van der Waals surface area (Å²) in [5.41, 5.74) is 2.49. The Morgan fingerprint density at radius 3 is 3.14 bits per heavy atom. The number of hydrogen-bond acceptors (Lipinski definition) is 4. The van der Waals surface area contributed by atoms with Gasteiger partial charge >= 0.3 is 0 Å². The van der Waals surface area contributed by atoms with Crippen molar-refractivity contribution in [2.24, 2.45) is 0 Å². The highest BCUT2D eigenvalue weighted by Gasteiger charge is 2.24. The van der Waals surface area contributed by atoms with Gasteiger partial charge in [-0.3, -0.25) is 0 Å². The molecule has 1 aromatic heterocycles. The second-order valence-corrected chi connectivity index (χ2v) is 6.54. The van der Waals surface area contributed by atoms with Gasteiger partial charge in [0.1, 0.15) is 10.8 Å². The van der Waals surface area contributed by atoms with Crippen LogP contribution in [-0.4, -0.2) is 25.2 Å². The molecule has 0 fully saturated rings. The third-order valence-corrected chi connectivity index (χ3v) is 5.21. The largest absolute Gasteiger partial charge is 0.497 e. The topological polar surface area (TPSA) is 34.1 Å². The number of aromatic nitrogens is 1. The van der Waals surface area contributed by atoms with Gasteiger partial charge in [-0.25, -0.2) is 4.98 Å². The van der Waals surface area contributed by atoms with Gasteiger partial charge in [0.15, 0.2) is 0 Å². The second-order valence-electron chi connectivity index (χ2n) is 5.46. The van der Waals surface area contributed by atoms with E-state index in [9.17, 15) is 0 Å². The lowest BCUT2D eigenvalue weighted by Crippen LogP contribution is -2.23. The van der Waals surface area contributed by atoms with Gasteiger partial charge in [-0.05, 0) is 37.9 Å². The zero-order valence-electron chi connectivity index (χ0n) is 12.7. The first-order valence-corrected chi connectivity index (χ1v) is 8.48. The minimum Gasteiger partial charge on any atom is -0.497 e. The number of methoxy groups -OCH3 is 1. The molecule has 1 N–H and O–H groups in total. The average Bonchev–Trinajstić information content (AvgIpc) is 2.97. The van der Waals surface area contributed by atoms with E-state index in [1.807, 2.05) is 23.5 Å².